The van der Waals surface area contributed by atoms with Crippen LogP contribution >= 0.6 is 0 Å². The van der Waals surface area contributed by atoms with Crippen LogP contribution in [0.2, 0.25) is 0 Å². The van der Waals surface area contributed by atoms with E-state index in [1.54, 1.807) is 10.7 Å². The molecule has 0 aliphatic carbocycles. The standard InChI is InChI=1S/C14H19N5O/c1-8(2)5-6-10-9(3)17-14-18(4)12-11(15-7-16-12)13(20)19(10)14/h7-8H,5-6H2,1-4H3,(H,15,16). The smallest absolute Gasteiger partial charge is 0.285 e. The van der Waals surface area contributed by atoms with Gasteiger partial charge < -0.3 is 4.98 Å². The molecule has 20 heavy (non-hydrogen) atoms. The molecule has 3 aromatic rings. The van der Waals surface area contributed by atoms with E-state index in [0.717, 1.165) is 24.2 Å². The van der Waals surface area contributed by atoms with Crippen LogP contribution in [0.15, 0.2) is 11.1 Å². The second-order valence-electron chi connectivity index (χ2n) is 5.68. The second kappa shape index (κ2) is 4.47. The normalized spacial score (nSPS) is 12.1. The molecule has 0 spiro atoms. The molecule has 3 heterocycles. The maximum Gasteiger partial charge on any atom is 0.285 e. The van der Waals surface area contributed by atoms with E-state index in [1.807, 2.05) is 18.5 Å². The van der Waals surface area contributed by atoms with Crippen LogP contribution in [0, 0.1) is 12.8 Å². The number of aryl methyl sites for hydroxylation is 3. The lowest BCUT2D eigenvalue weighted by Crippen LogP contribution is -2.20. The highest BCUT2D eigenvalue weighted by Gasteiger charge is 2.17. The first-order valence-corrected chi connectivity index (χ1v) is 6.90. The van der Waals surface area contributed by atoms with Crippen molar-refractivity contribution in [1.82, 2.24) is 23.9 Å². The van der Waals surface area contributed by atoms with Crippen molar-refractivity contribution in [3.8, 4) is 0 Å². The van der Waals surface area contributed by atoms with E-state index < -0.39 is 0 Å². The van der Waals surface area contributed by atoms with E-state index in [9.17, 15) is 4.79 Å². The van der Waals surface area contributed by atoms with Crippen molar-refractivity contribution >= 4 is 16.9 Å². The summed E-state index contributed by atoms with van der Waals surface area (Å²) in [6.45, 7) is 6.33. The summed E-state index contributed by atoms with van der Waals surface area (Å²) < 4.78 is 3.58. The highest BCUT2D eigenvalue weighted by Crippen LogP contribution is 2.16. The topological polar surface area (TPSA) is 68.0 Å². The van der Waals surface area contributed by atoms with Gasteiger partial charge in [0.05, 0.1) is 17.7 Å². The van der Waals surface area contributed by atoms with Crippen molar-refractivity contribution in [3.05, 3.63) is 28.1 Å². The van der Waals surface area contributed by atoms with E-state index >= 15 is 0 Å². The number of nitrogens with zero attached hydrogens (tertiary/aromatic N) is 4. The maximum atomic E-state index is 12.6. The molecule has 0 bridgehead atoms. The van der Waals surface area contributed by atoms with Gasteiger partial charge in [0.25, 0.3) is 5.56 Å². The Morgan fingerprint density at radius 1 is 1.40 bits per heavy atom. The second-order valence-corrected chi connectivity index (χ2v) is 5.68. The maximum absolute atomic E-state index is 12.6. The van der Waals surface area contributed by atoms with Gasteiger partial charge in [-0.1, -0.05) is 13.8 Å². The largest absolute Gasteiger partial charge is 0.339 e. The number of fused-ring (bicyclic) bond motifs is 2. The molecule has 3 rings (SSSR count). The molecule has 6 nitrogen and oxygen atoms in total. The summed E-state index contributed by atoms with van der Waals surface area (Å²) in [6, 6.07) is 0. The average molecular weight is 273 g/mol. The molecular weight excluding hydrogens is 254 g/mol. The quantitative estimate of drug-likeness (QED) is 0.791. The molecule has 0 saturated heterocycles. The molecule has 0 saturated carbocycles. The number of rotatable bonds is 3. The summed E-state index contributed by atoms with van der Waals surface area (Å²) in [4.78, 5) is 24.3. The van der Waals surface area contributed by atoms with Gasteiger partial charge in [-0.3, -0.25) is 9.36 Å². The lowest BCUT2D eigenvalue weighted by atomic mass is 10.1. The Hall–Kier alpha value is -2.11. The van der Waals surface area contributed by atoms with Crippen LogP contribution in [-0.2, 0) is 13.5 Å². The van der Waals surface area contributed by atoms with Gasteiger partial charge in [0.1, 0.15) is 5.52 Å². The summed E-state index contributed by atoms with van der Waals surface area (Å²) in [5.41, 5.74) is 3.04. The molecule has 6 heteroatoms. The summed E-state index contributed by atoms with van der Waals surface area (Å²) in [5, 5.41) is 0. The Balaban J connectivity index is 2.33. The number of hydrogen-bond acceptors (Lipinski definition) is 3. The Morgan fingerprint density at radius 2 is 2.15 bits per heavy atom. The fourth-order valence-electron chi connectivity index (χ4n) is 2.61. The number of aromatic amines is 1. The van der Waals surface area contributed by atoms with Gasteiger partial charge in [-0.2, -0.15) is 0 Å². The Labute approximate surface area is 116 Å². The van der Waals surface area contributed by atoms with Crippen molar-refractivity contribution in [1.29, 1.82) is 0 Å². The molecule has 3 aromatic heterocycles. The third-order valence-corrected chi connectivity index (χ3v) is 3.77. The first-order valence-electron chi connectivity index (χ1n) is 6.90. The van der Waals surface area contributed by atoms with Crippen molar-refractivity contribution in [2.24, 2.45) is 13.0 Å². The number of hydrogen-bond donors (Lipinski definition) is 1. The molecule has 0 fully saturated rings. The Morgan fingerprint density at radius 3 is 2.85 bits per heavy atom. The lowest BCUT2D eigenvalue weighted by Gasteiger charge is -2.07. The summed E-state index contributed by atoms with van der Waals surface area (Å²) >= 11 is 0. The predicted molar refractivity (Wildman–Crippen MR) is 78.0 cm³/mol. The number of imidazole rings is 2. The minimum absolute atomic E-state index is 0.0649. The highest BCUT2D eigenvalue weighted by molar-refractivity contribution is 5.72. The van der Waals surface area contributed by atoms with Crippen LogP contribution < -0.4 is 5.56 Å². The average Bonchev–Trinajstić information content (AvgIpc) is 2.98. The first-order chi connectivity index (χ1) is 9.50. The molecular formula is C14H19N5O. The number of nitrogens with one attached hydrogen (secondary N) is 1. The lowest BCUT2D eigenvalue weighted by molar-refractivity contribution is 0.577. The molecule has 1 N–H and O–H groups in total. The Kier molecular flexibility index (Phi) is 2.88. The van der Waals surface area contributed by atoms with E-state index in [0.29, 0.717) is 22.9 Å². The summed E-state index contributed by atoms with van der Waals surface area (Å²) in [6.07, 6.45) is 3.45. The molecule has 0 aliphatic rings. The SMILES string of the molecule is Cc1nc2n(C)c3nc[nH]c3c(=O)n2c1CCC(C)C. The molecule has 0 amide bonds. The third kappa shape index (κ3) is 1.75. The fourth-order valence-corrected chi connectivity index (χ4v) is 2.61. The third-order valence-electron chi connectivity index (χ3n) is 3.77. The van der Waals surface area contributed by atoms with Crippen LogP contribution in [0.25, 0.3) is 16.9 Å². The van der Waals surface area contributed by atoms with E-state index in [1.165, 1.54) is 0 Å². The summed E-state index contributed by atoms with van der Waals surface area (Å²) in [7, 11) is 1.89. The van der Waals surface area contributed by atoms with E-state index in [4.69, 9.17) is 0 Å². The van der Waals surface area contributed by atoms with Crippen LogP contribution in [0.4, 0.5) is 0 Å². The van der Waals surface area contributed by atoms with Gasteiger partial charge in [0.2, 0.25) is 5.78 Å². The van der Waals surface area contributed by atoms with Crippen LogP contribution in [0.1, 0.15) is 31.7 Å². The van der Waals surface area contributed by atoms with Gasteiger partial charge in [-0.05, 0) is 25.7 Å². The fraction of sp³-hybridized carbons (Fsp3) is 0.500. The molecule has 0 atom stereocenters. The molecule has 0 unspecified atom stereocenters. The van der Waals surface area contributed by atoms with Crippen LogP contribution in [-0.4, -0.2) is 23.9 Å². The zero-order valence-corrected chi connectivity index (χ0v) is 12.3. The zero-order chi connectivity index (χ0) is 14.4. The van der Waals surface area contributed by atoms with E-state index in [2.05, 4.69) is 28.8 Å². The van der Waals surface area contributed by atoms with Gasteiger partial charge in [0, 0.05) is 7.05 Å². The monoisotopic (exact) mass is 273 g/mol. The van der Waals surface area contributed by atoms with Gasteiger partial charge >= 0.3 is 0 Å². The van der Waals surface area contributed by atoms with Gasteiger partial charge in [0.15, 0.2) is 5.65 Å². The molecule has 0 radical (unpaired) electrons. The minimum Gasteiger partial charge on any atom is -0.339 e. The van der Waals surface area contributed by atoms with Crippen molar-refractivity contribution in [2.45, 2.75) is 33.6 Å². The van der Waals surface area contributed by atoms with E-state index in [-0.39, 0.29) is 5.56 Å². The minimum atomic E-state index is -0.0649. The molecule has 0 aliphatic heterocycles. The van der Waals surface area contributed by atoms with Crippen LogP contribution in [0.5, 0.6) is 0 Å². The molecule has 106 valence electrons. The summed E-state index contributed by atoms with van der Waals surface area (Å²) in [5.74, 6) is 1.26. The van der Waals surface area contributed by atoms with Gasteiger partial charge in [-0.15, -0.1) is 0 Å². The van der Waals surface area contributed by atoms with Crippen molar-refractivity contribution in [3.63, 3.8) is 0 Å². The zero-order valence-electron chi connectivity index (χ0n) is 12.3. The predicted octanol–water partition coefficient (Wildman–Crippen LogP) is 1.81. The Bertz CT molecular complexity index is 837. The molecule has 0 aromatic carbocycles. The first kappa shape index (κ1) is 12.9. The van der Waals surface area contributed by atoms with Crippen LogP contribution in [0.3, 0.4) is 0 Å². The number of aromatic nitrogens is 5. The van der Waals surface area contributed by atoms with Crippen molar-refractivity contribution in [2.75, 3.05) is 0 Å². The highest BCUT2D eigenvalue weighted by atomic mass is 16.1. The van der Waals surface area contributed by atoms with Gasteiger partial charge in [-0.25, -0.2) is 14.4 Å². The number of H-pyrrole nitrogens is 1. The van der Waals surface area contributed by atoms with Crippen molar-refractivity contribution < 1.29 is 0 Å².